The molecule has 0 bridgehead atoms. The largest absolute Gasteiger partial charge is 0.370 e. The lowest BCUT2D eigenvalue weighted by Gasteiger charge is -2.28. The van der Waals surface area contributed by atoms with E-state index in [-0.39, 0.29) is 5.91 Å². The molecule has 0 spiro atoms. The number of carbonyl (C=O) groups excluding carboxylic acids is 1. The molecule has 3 rings (SSSR count). The monoisotopic (exact) mass is 323 g/mol. The van der Waals surface area contributed by atoms with Crippen LogP contribution in [0.1, 0.15) is 54.9 Å². The zero-order valence-electron chi connectivity index (χ0n) is 14.5. The van der Waals surface area contributed by atoms with Crippen LogP contribution in [0.3, 0.4) is 0 Å². The summed E-state index contributed by atoms with van der Waals surface area (Å²) in [5, 5.41) is 2.96. The van der Waals surface area contributed by atoms with E-state index in [9.17, 15) is 4.79 Å². The van der Waals surface area contributed by atoms with Gasteiger partial charge >= 0.3 is 0 Å². The number of amides is 1. The van der Waals surface area contributed by atoms with Crippen LogP contribution in [0, 0.1) is 0 Å². The summed E-state index contributed by atoms with van der Waals surface area (Å²) in [6.45, 7) is 6.41. The van der Waals surface area contributed by atoms with E-state index >= 15 is 0 Å². The topological polar surface area (TPSA) is 45.2 Å². The van der Waals surface area contributed by atoms with Crippen molar-refractivity contribution in [1.29, 1.82) is 0 Å². The van der Waals surface area contributed by atoms with Crippen molar-refractivity contribution in [3.63, 3.8) is 0 Å². The molecule has 0 atom stereocenters. The van der Waals surface area contributed by atoms with Crippen molar-refractivity contribution in [2.24, 2.45) is 0 Å². The number of hydrogen-bond acceptors (Lipinski definition) is 3. The fraction of sp³-hybridized carbons (Fsp3) is 0.400. The van der Waals surface area contributed by atoms with E-state index in [2.05, 4.69) is 41.2 Å². The Hall–Kier alpha value is -2.36. The van der Waals surface area contributed by atoms with Gasteiger partial charge in [0.15, 0.2) is 0 Å². The second-order valence-electron chi connectivity index (χ2n) is 6.71. The summed E-state index contributed by atoms with van der Waals surface area (Å²) >= 11 is 0. The normalized spacial score (nSPS) is 14.7. The lowest BCUT2D eigenvalue weighted by Crippen LogP contribution is -2.29. The zero-order chi connectivity index (χ0) is 16.9. The van der Waals surface area contributed by atoms with Crippen LogP contribution in [0.4, 0.5) is 11.4 Å². The number of nitrogens with one attached hydrogen (secondary N) is 1. The Balaban J connectivity index is 1.70. The van der Waals surface area contributed by atoms with Gasteiger partial charge < -0.3 is 10.2 Å². The summed E-state index contributed by atoms with van der Waals surface area (Å²) in [6, 6.07) is 9.96. The minimum absolute atomic E-state index is 0.112. The Labute approximate surface area is 143 Å². The van der Waals surface area contributed by atoms with Crippen LogP contribution in [0.5, 0.6) is 0 Å². The first-order chi connectivity index (χ1) is 11.6. The van der Waals surface area contributed by atoms with Crippen molar-refractivity contribution in [3.05, 3.63) is 53.9 Å². The Bertz CT molecular complexity index is 688. The molecule has 1 aliphatic rings. The van der Waals surface area contributed by atoms with E-state index in [1.165, 1.54) is 24.8 Å². The fourth-order valence-corrected chi connectivity index (χ4v) is 3.03. The maximum atomic E-state index is 12.5. The van der Waals surface area contributed by atoms with Gasteiger partial charge in [0.05, 0.1) is 17.4 Å². The van der Waals surface area contributed by atoms with Crippen LogP contribution in [-0.2, 0) is 0 Å². The van der Waals surface area contributed by atoms with Crippen molar-refractivity contribution in [3.8, 4) is 0 Å². The molecular weight excluding hydrogens is 298 g/mol. The smallest absolute Gasteiger partial charge is 0.257 e. The maximum Gasteiger partial charge on any atom is 0.257 e. The summed E-state index contributed by atoms with van der Waals surface area (Å²) in [6.07, 6.45) is 7.18. The van der Waals surface area contributed by atoms with Crippen LogP contribution < -0.4 is 10.2 Å². The molecule has 126 valence electrons. The number of anilines is 2. The molecule has 0 unspecified atom stereocenters. The third-order valence-corrected chi connectivity index (χ3v) is 4.54. The number of pyridine rings is 1. The Morgan fingerprint density at radius 1 is 1.08 bits per heavy atom. The summed E-state index contributed by atoms with van der Waals surface area (Å²) in [7, 11) is 0. The molecule has 1 saturated heterocycles. The lowest BCUT2D eigenvalue weighted by atomic mass is 10.0. The number of benzene rings is 1. The van der Waals surface area contributed by atoms with Gasteiger partial charge in [0.25, 0.3) is 5.91 Å². The van der Waals surface area contributed by atoms with Gasteiger partial charge in [-0.2, -0.15) is 0 Å². The number of aromatic nitrogens is 1. The molecule has 1 aromatic carbocycles. The molecule has 0 saturated carbocycles. The summed E-state index contributed by atoms with van der Waals surface area (Å²) in [5.41, 5.74) is 3.72. The molecule has 1 fully saturated rings. The standard InChI is InChI=1S/C20H25N3O/c1-15(2)16-6-8-18(9-7-16)22-20(24)17-12-19(14-21-13-17)23-10-4-3-5-11-23/h6-9,12-15H,3-5,10-11H2,1-2H3,(H,22,24). The Morgan fingerprint density at radius 3 is 2.46 bits per heavy atom. The van der Waals surface area contributed by atoms with Gasteiger partial charge in [-0.05, 0) is 48.9 Å². The Morgan fingerprint density at radius 2 is 1.79 bits per heavy atom. The van der Waals surface area contributed by atoms with E-state index in [1.807, 2.05) is 24.4 Å². The zero-order valence-corrected chi connectivity index (χ0v) is 14.5. The highest BCUT2D eigenvalue weighted by Gasteiger charge is 2.14. The van der Waals surface area contributed by atoms with Crippen molar-refractivity contribution in [2.45, 2.75) is 39.0 Å². The number of nitrogens with zero attached hydrogens (tertiary/aromatic N) is 2. The van der Waals surface area contributed by atoms with Gasteiger partial charge in [0.2, 0.25) is 0 Å². The number of rotatable bonds is 4. The number of hydrogen-bond donors (Lipinski definition) is 1. The summed E-state index contributed by atoms with van der Waals surface area (Å²) in [4.78, 5) is 19.1. The average Bonchev–Trinajstić information content (AvgIpc) is 2.63. The van der Waals surface area contributed by atoms with Crippen LogP contribution in [-0.4, -0.2) is 24.0 Å². The van der Waals surface area contributed by atoms with Crippen molar-refractivity contribution < 1.29 is 4.79 Å². The highest BCUT2D eigenvalue weighted by molar-refractivity contribution is 6.04. The third kappa shape index (κ3) is 3.94. The highest BCUT2D eigenvalue weighted by Crippen LogP contribution is 2.21. The molecule has 0 aliphatic carbocycles. The van der Waals surface area contributed by atoms with Crippen LogP contribution >= 0.6 is 0 Å². The predicted molar refractivity (Wildman–Crippen MR) is 98.8 cm³/mol. The van der Waals surface area contributed by atoms with Crippen molar-refractivity contribution in [1.82, 2.24) is 4.98 Å². The molecule has 2 heterocycles. The first-order valence-corrected chi connectivity index (χ1v) is 8.75. The van der Waals surface area contributed by atoms with Crippen molar-refractivity contribution >= 4 is 17.3 Å². The lowest BCUT2D eigenvalue weighted by molar-refractivity contribution is 0.102. The van der Waals surface area contributed by atoms with E-state index in [1.54, 1.807) is 6.20 Å². The molecule has 1 N–H and O–H groups in total. The molecule has 4 nitrogen and oxygen atoms in total. The van der Waals surface area contributed by atoms with E-state index in [4.69, 9.17) is 0 Å². The predicted octanol–water partition coefficient (Wildman–Crippen LogP) is 4.45. The number of carbonyl (C=O) groups is 1. The second-order valence-corrected chi connectivity index (χ2v) is 6.71. The maximum absolute atomic E-state index is 12.5. The van der Waals surface area contributed by atoms with Crippen LogP contribution in [0.25, 0.3) is 0 Å². The minimum atomic E-state index is -0.112. The SMILES string of the molecule is CC(C)c1ccc(NC(=O)c2cncc(N3CCCCC3)c2)cc1. The minimum Gasteiger partial charge on any atom is -0.370 e. The quantitative estimate of drug-likeness (QED) is 0.904. The first-order valence-electron chi connectivity index (χ1n) is 8.75. The highest BCUT2D eigenvalue weighted by atomic mass is 16.1. The average molecular weight is 323 g/mol. The molecular formula is C20H25N3O. The molecule has 2 aromatic rings. The molecule has 0 radical (unpaired) electrons. The van der Waals surface area contributed by atoms with Crippen LogP contribution in [0.2, 0.25) is 0 Å². The molecule has 1 aliphatic heterocycles. The third-order valence-electron chi connectivity index (χ3n) is 4.54. The van der Waals surface area contributed by atoms with Gasteiger partial charge in [-0.25, -0.2) is 0 Å². The number of piperidine rings is 1. The van der Waals surface area contributed by atoms with E-state index in [0.29, 0.717) is 11.5 Å². The molecule has 24 heavy (non-hydrogen) atoms. The summed E-state index contributed by atoms with van der Waals surface area (Å²) in [5.74, 6) is 0.374. The fourth-order valence-electron chi connectivity index (χ4n) is 3.03. The summed E-state index contributed by atoms with van der Waals surface area (Å²) < 4.78 is 0. The molecule has 1 amide bonds. The van der Waals surface area contributed by atoms with Gasteiger partial charge in [-0.15, -0.1) is 0 Å². The molecule has 4 heteroatoms. The van der Waals surface area contributed by atoms with Crippen LogP contribution in [0.15, 0.2) is 42.7 Å². The van der Waals surface area contributed by atoms with Gasteiger partial charge in [-0.3, -0.25) is 9.78 Å². The van der Waals surface area contributed by atoms with E-state index in [0.717, 1.165) is 24.5 Å². The van der Waals surface area contributed by atoms with Gasteiger partial charge in [0, 0.05) is 25.0 Å². The second kappa shape index (κ2) is 7.47. The van der Waals surface area contributed by atoms with Gasteiger partial charge in [-0.1, -0.05) is 26.0 Å². The molecule has 1 aromatic heterocycles. The first kappa shape index (κ1) is 16.5. The van der Waals surface area contributed by atoms with Gasteiger partial charge in [0.1, 0.15) is 0 Å². The van der Waals surface area contributed by atoms with E-state index < -0.39 is 0 Å². The van der Waals surface area contributed by atoms with Crippen molar-refractivity contribution in [2.75, 3.05) is 23.3 Å². The Kier molecular flexibility index (Phi) is 5.14.